The van der Waals surface area contributed by atoms with Gasteiger partial charge in [-0.2, -0.15) is 9.97 Å². The van der Waals surface area contributed by atoms with Crippen LogP contribution in [0.3, 0.4) is 0 Å². The van der Waals surface area contributed by atoms with Crippen LogP contribution in [0.5, 0.6) is 0 Å². The average molecular weight is 1210 g/mol. The van der Waals surface area contributed by atoms with Crippen LogP contribution in [0.25, 0.3) is 22.3 Å². The van der Waals surface area contributed by atoms with Gasteiger partial charge in [0.15, 0.2) is 22.9 Å². The van der Waals surface area contributed by atoms with Gasteiger partial charge in [0, 0.05) is 42.6 Å². The number of phosphoric ester groups is 3. The van der Waals surface area contributed by atoms with E-state index in [4.69, 9.17) is 73.5 Å². The van der Waals surface area contributed by atoms with E-state index in [9.17, 15) is 52.5 Å². The number of fused-ring (bicyclic) bond motifs is 2. The zero-order valence-corrected chi connectivity index (χ0v) is 44.4. The van der Waals surface area contributed by atoms with Gasteiger partial charge in [-0.3, -0.25) is 45.4 Å². The molecule has 10 rings (SSSR count). The van der Waals surface area contributed by atoms with Gasteiger partial charge in [0.25, 0.3) is 0 Å². The van der Waals surface area contributed by atoms with Crippen molar-refractivity contribution in [3.05, 3.63) is 70.8 Å². The molecule has 0 radical (unpaired) electrons. The Labute approximate surface area is 447 Å². The lowest BCUT2D eigenvalue weighted by molar-refractivity contribution is -0.0625. The number of imidazole rings is 2. The van der Waals surface area contributed by atoms with Crippen molar-refractivity contribution in [2.45, 2.75) is 99.4 Å². The van der Waals surface area contributed by atoms with Gasteiger partial charge in [-0.25, -0.2) is 53.2 Å². The number of rotatable bonds is 22. The van der Waals surface area contributed by atoms with Crippen LogP contribution in [0.4, 0.5) is 23.3 Å². The first-order valence-electron chi connectivity index (χ1n) is 23.6. The monoisotopic (exact) mass is 1210 g/mol. The number of nitrogens with zero attached hydrogens (tertiary/aromatic N) is 12. The summed E-state index contributed by atoms with van der Waals surface area (Å²) in [6, 6.07) is 2.55. The molecule has 0 aromatic carbocycles. The molecule has 13 N–H and O–H groups in total. The highest BCUT2D eigenvalue weighted by atomic mass is 31.2. The number of hydrogen-bond acceptors (Lipinski definition) is 30. The summed E-state index contributed by atoms with van der Waals surface area (Å²) in [5, 5.41) is 10.9. The summed E-state index contributed by atoms with van der Waals surface area (Å²) in [6.07, 6.45) is -9.47. The van der Waals surface area contributed by atoms with Gasteiger partial charge in [0.1, 0.15) is 110 Å². The van der Waals surface area contributed by atoms with Crippen molar-refractivity contribution in [2.75, 3.05) is 49.4 Å². The van der Waals surface area contributed by atoms with Crippen LogP contribution in [-0.2, 0) is 68.9 Å². The minimum Gasteiger partial charge on any atom is -0.390 e. The number of nitrogens with two attached hydrogens (primary N) is 4. The Morgan fingerprint density at radius 2 is 0.938 bits per heavy atom. The molecule has 0 saturated carbocycles. The van der Waals surface area contributed by atoms with Crippen LogP contribution in [-0.4, -0.2) is 158 Å². The zero-order chi connectivity index (χ0) is 56.8. The summed E-state index contributed by atoms with van der Waals surface area (Å²) in [5.41, 5.74) is 22.3. The predicted octanol–water partition coefficient (Wildman–Crippen LogP) is -0.807. The van der Waals surface area contributed by atoms with E-state index in [1.54, 1.807) is 0 Å². The molecule has 4 unspecified atom stereocenters. The van der Waals surface area contributed by atoms with E-state index < -0.39 is 143 Å². The van der Waals surface area contributed by atoms with Crippen LogP contribution in [0.2, 0.25) is 0 Å². The van der Waals surface area contributed by atoms with Gasteiger partial charge in [-0.05, 0) is 12.1 Å². The maximum Gasteiger partial charge on any atom is 0.694 e. The fraction of sp³-hybridized carbons (Fsp3) is 0.526. The number of aliphatic hydroxyl groups excluding tert-OH is 1. The van der Waals surface area contributed by atoms with E-state index in [1.165, 1.54) is 52.6 Å². The molecule has 0 spiro atoms. The van der Waals surface area contributed by atoms with Crippen LogP contribution < -0.4 is 34.3 Å². The highest BCUT2D eigenvalue weighted by molar-refractivity contribution is 7.48. The largest absolute Gasteiger partial charge is 0.694 e. The second kappa shape index (κ2) is 23.2. The fourth-order valence-electron chi connectivity index (χ4n) is 9.13. The van der Waals surface area contributed by atoms with Crippen molar-refractivity contribution in [1.29, 1.82) is 0 Å². The first kappa shape index (κ1) is 57.4. The van der Waals surface area contributed by atoms with Gasteiger partial charge >= 0.3 is 43.1 Å². The summed E-state index contributed by atoms with van der Waals surface area (Å²) in [5.74, 6) is -0.151. The summed E-state index contributed by atoms with van der Waals surface area (Å²) >= 11 is 0. The lowest BCUT2D eigenvalue weighted by atomic mass is 10.2. The molecule has 4 saturated heterocycles. The fourth-order valence-corrected chi connectivity index (χ4v) is 12.3. The SMILES string of the molecule is Nc1ccn([C@H]2C[C@H](OP(=O)(O)OC[C@H]3O[C@@H](n4cnc5c(N)ncnc54)C[C@@H]3OP(=O)(O)OC[C@H]3O[C@@H](n4ccc(N)nc4=O)C[C@@H]3OP(=O)(O)OC[C@H]3O[C@@H](n4cnc5c(N)ncnc54)C[C@@H]3O)[C@@H](CO[P+](=O)O)O2)c(=O)n1. The highest BCUT2D eigenvalue weighted by Crippen LogP contribution is 2.54. The third kappa shape index (κ3) is 12.9. The van der Waals surface area contributed by atoms with Crippen molar-refractivity contribution < 1.29 is 93.6 Å². The molecule has 6 aromatic heterocycles. The molecular weight excluding hydrogens is 1160 g/mol. The summed E-state index contributed by atoms with van der Waals surface area (Å²) in [6.45, 7) is -3.20. The Morgan fingerprint density at radius 1 is 0.562 bits per heavy atom. The molecule has 16 atom stereocenters. The molecule has 4 aliphatic heterocycles. The molecule has 42 heteroatoms. The van der Waals surface area contributed by atoms with Crippen molar-refractivity contribution in [3.63, 3.8) is 0 Å². The normalized spacial score (nSPS) is 29.5. The van der Waals surface area contributed by atoms with Crippen molar-refractivity contribution in [2.24, 2.45) is 0 Å². The van der Waals surface area contributed by atoms with Crippen molar-refractivity contribution >= 4 is 77.3 Å². The first-order chi connectivity index (χ1) is 38.0. The van der Waals surface area contributed by atoms with Crippen LogP contribution in [0.15, 0.2) is 59.4 Å². The van der Waals surface area contributed by atoms with Gasteiger partial charge in [0.2, 0.25) is 0 Å². The lowest BCUT2D eigenvalue weighted by Gasteiger charge is -2.25. The standard InChI is InChI=1S/C38H48N16O22P4/c39-25-1-3-51(37(56)49-25)28-6-18(22(71-28)9-66-77(58)59)74-79(62,63)69-12-24-20(8-30(73-24)54-16-48-32-34(42)44-14-46-36(32)54)76-80(64,65)68-11-23-19(7-29(72-23)52-4-2-26(40)50-38(52)57)75-78(60,61)67-10-21-17(55)5-27(70-21)53-15-47-31-33(41)43-13-45-35(31)53/h1-4,13-24,27-30,55H,5-12H2,(H11-,39,40,41,42,43,44,45,46,49,50,56,57,58,59,60,61,62,63,64,65)/p+1/t17-,18-,19-,20-,21+,22+,23+,24+,27+,28+,29+,30+/m0/s1. The molecule has 38 nitrogen and oxygen atoms in total. The molecule has 0 aliphatic carbocycles. The summed E-state index contributed by atoms with van der Waals surface area (Å²) in [7, 11) is -18.9. The van der Waals surface area contributed by atoms with Crippen molar-refractivity contribution in [1.82, 2.24) is 58.1 Å². The Hall–Kier alpha value is -5.79. The second-order valence-electron chi connectivity index (χ2n) is 18.0. The van der Waals surface area contributed by atoms with Gasteiger partial charge < -0.3 is 61.7 Å². The average Bonchev–Trinajstić information content (AvgIpc) is 4.31. The summed E-state index contributed by atoms with van der Waals surface area (Å²) < 4.78 is 119. The third-order valence-corrected chi connectivity index (χ3v) is 16.2. The maximum absolute atomic E-state index is 14.0. The van der Waals surface area contributed by atoms with E-state index in [1.807, 2.05) is 0 Å². The minimum atomic E-state index is -5.36. The van der Waals surface area contributed by atoms with E-state index >= 15 is 0 Å². The smallest absolute Gasteiger partial charge is 0.390 e. The Bertz CT molecular complexity index is 3540. The summed E-state index contributed by atoms with van der Waals surface area (Å²) in [4.78, 5) is 100. The van der Waals surface area contributed by atoms with Crippen LogP contribution in [0.1, 0.15) is 50.6 Å². The molecule has 4 fully saturated rings. The number of aromatic nitrogens is 12. The van der Waals surface area contributed by atoms with Crippen molar-refractivity contribution in [3.8, 4) is 0 Å². The first-order valence-corrected chi connectivity index (χ1v) is 29.2. The van der Waals surface area contributed by atoms with Crippen LogP contribution >= 0.6 is 31.7 Å². The number of aliphatic hydroxyl groups is 1. The van der Waals surface area contributed by atoms with E-state index in [-0.39, 0.29) is 65.6 Å². The molecule has 432 valence electrons. The van der Waals surface area contributed by atoms with E-state index in [2.05, 4.69) is 39.9 Å². The number of hydrogen-bond donors (Lipinski definition) is 9. The number of nitrogen functional groups attached to an aromatic ring is 4. The number of phosphoric acid groups is 3. The highest BCUT2D eigenvalue weighted by Gasteiger charge is 2.49. The zero-order valence-electron chi connectivity index (χ0n) is 40.8. The third-order valence-electron chi connectivity index (χ3n) is 12.8. The van der Waals surface area contributed by atoms with Gasteiger partial charge in [-0.15, -0.1) is 9.42 Å². The quantitative estimate of drug-likeness (QED) is 0.0375. The molecule has 0 amide bonds. The number of ether oxygens (including phenoxy) is 4. The maximum atomic E-state index is 14.0. The molecule has 10 heterocycles. The van der Waals surface area contributed by atoms with Gasteiger partial charge in [0.05, 0.1) is 38.6 Å². The lowest BCUT2D eigenvalue weighted by Crippen LogP contribution is -2.31. The Balaban J connectivity index is 0.826. The second-order valence-corrected chi connectivity index (χ2v) is 23.0. The molecule has 4 aliphatic rings. The minimum absolute atomic E-state index is 0.00491. The van der Waals surface area contributed by atoms with E-state index in [0.29, 0.717) is 5.65 Å². The Morgan fingerprint density at radius 3 is 1.35 bits per heavy atom. The number of anilines is 4. The molecule has 80 heavy (non-hydrogen) atoms. The van der Waals surface area contributed by atoms with Crippen LogP contribution in [0, 0.1) is 0 Å². The molecular formula is C38H49N16O22P4+. The van der Waals surface area contributed by atoms with Gasteiger partial charge in [-0.1, -0.05) is 0 Å². The molecule has 0 bridgehead atoms. The predicted molar refractivity (Wildman–Crippen MR) is 263 cm³/mol. The topological polar surface area (TPSA) is 532 Å². The molecule has 6 aromatic rings. The van der Waals surface area contributed by atoms with E-state index in [0.717, 1.165) is 15.5 Å². The Kier molecular flexibility index (Phi) is 16.7.